The van der Waals surface area contributed by atoms with E-state index in [4.69, 9.17) is 21.1 Å². The van der Waals surface area contributed by atoms with Crippen LogP contribution in [0.2, 0.25) is 5.02 Å². The van der Waals surface area contributed by atoms with E-state index >= 15 is 0 Å². The van der Waals surface area contributed by atoms with Gasteiger partial charge in [0, 0.05) is 18.5 Å². The summed E-state index contributed by atoms with van der Waals surface area (Å²) >= 11 is 6.40. The lowest BCUT2D eigenvalue weighted by Crippen LogP contribution is -2.29. The molecule has 2 heterocycles. The Morgan fingerprint density at radius 3 is 2.29 bits per heavy atom. The number of aromatic nitrogens is 1. The molecular weight excluding hydrogens is 474 g/mol. The maximum absolute atomic E-state index is 12.9. The first-order chi connectivity index (χ1) is 16.7. The number of amides is 3. The fraction of sp³-hybridized carbons (Fsp3) is 0.200. The molecule has 0 aliphatic carbocycles. The smallest absolute Gasteiger partial charge is 0.340 e. The van der Waals surface area contributed by atoms with Crippen molar-refractivity contribution in [2.75, 3.05) is 30.5 Å². The van der Waals surface area contributed by atoms with Crippen LogP contribution in [-0.4, -0.2) is 49.0 Å². The summed E-state index contributed by atoms with van der Waals surface area (Å²) in [5, 5.41) is 2.82. The van der Waals surface area contributed by atoms with Gasteiger partial charge in [-0.05, 0) is 49.7 Å². The summed E-state index contributed by atoms with van der Waals surface area (Å²) in [7, 11) is 1.50. The number of anilines is 2. The fourth-order valence-electron chi connectivity index (χ4n) is 3.94. The third-order valence-corrected chi connectivity index (χ3v) is 5.93. The number of benzene rings is 2. The standard InChI is InChI=1S/C25H22ClN3O6/c1-13-20(25(33)35-11-10-34-3)14(2)27-21(13)22(30)28-15-8-9-19(18(26)12-15)29-23(31)16-6-4-5-7-17(16)24(29)32/h4-9,12,27H,10-11H2,1-3H3,(H,28,30). The molecule has 0 atom stereocenters. The largest absolute Gasteiger partial charge is 0.460 e. The molecule has 1 aliphatic heterocycles. The van der Waals surface area contributed by atoms with E-state index < -0.39 is 23.7 Å². The van der Waals surface area contributed by atoms with E-state index in [0.717, 1.165) is 4.90 Å². The highest BCUT2D eigenvalue weighted by molar-refractivity contribution is 6.40. The van der Waals surface area contributed by atoms with E-state index in [9.17, 15) is 19.2 Å². The molecule has 0 fully saturated rings. The summed E-state index contributed by atoms with van der Waals surface area (Å²) in [5.74, 6) is -1.98. The molecule has 180 valence electrons. The van der Waals surface area contributed by atoms with E-state index in [2.05, 4.69) is 10.3 Å². The lowest BCUT2D eigenvalue weighted by molar-refractivity contribution is 0.0386. The number of methoxy groups -OCH3 is 1. The Labute approximate surface area is 206 Å². The molecule has 35 heavy (non-hydrogen) atoms. The number of H-pyrrole nitrogens is 1. The molecule has 3 aromatic rings. The highest BCUT2D eigenvalue weighted by atomic mass is 35.5. The molecule has 2 aromatic carbocycles. The van der Waals surface area contributed by atoms with Gasteiger partial charge in [0.05, 0.1) is 34.0 Å². The zero-order valence-electron chi connectivity index (χ0n) is 19.2. The molecule has 1 aliphatic rings. The highest BCUT2D eigenvalue weighted by Gasteiger charge is 2.37. The number of halogens is 1. The van der Waals surface area contributed by atoms with Gasteiger partial charge in [0.25, 0.3) is 17.7 Å². The average molecular weight is 496 g/mol. The topological polar surface area (TPSA) is 118 Å². The minimum absolute atomic E-state index is 0.0961. The third kappa shape index (κ3) is 4.43. The number of aromatic amines is 1. The van der Waals surface area contributed by atoms with Crippen molar-refractivity contribution >= 4 is 46.7 Å². The van der Waals surface area contributed by atoms with Crippen molar-refractivity contribution in [3.05, 3.63) is 81.1 Å². The van der Waals surface area contributed by atoms with Crippen molar-refractivity contribution in [1.29, 1.82) is 0 Å². The van der Waals surface area contributed by atoms with Crippen LogP contribution in [0.15, 0.2) is 42.5 Å². The molecule has 0 saturated heterocycles. The van der Waals surface area contributed by atoms with Crippen molar-refractivity contribution in [3.63, 3.8) is 0 Å². The fourth-order valence-corrected chi connectivity index (χ4v) is 4.21. The number of hydrogen-bond donors (Lipinski definition) is 2. The van der Waals surface area contributed by atoms with Crippen LogP contribution in [0.5, 0.6) is 0 Å². The Hall–Kier alpha value is -3.95. The van der Waals surface area contributed by atoms with Crippen molar-refractivity contribution in [2.24, 2.45) is 0 Å². The van der Waals surface area contributed by atoms with Crippen LogP contribution in [0.1, 0.15) is 52.8 Å². The molecule has 2 N–H and O–H groups in total. The van der Waals surface area contributed by atoms with Gasteiger partial charge in [-0.1, -0.05) is 23.7 Å². The monoisotopic (exact) mass is 495 g/mol. The summed E-state index contributed by atoms with van der Waals surface area (Å²) in [4.78, 5) is 54.7. The molecule has 0 saturated carbocycles. The first-order valence-electron chi connectivity index (χ1n) is 10.7. The number of hydrogen-bond acceptors (Lipinski definition) is 6. The van der Waals surface area contributed by atoms with Crippen LogP contribution >= 0.6 is 11.6 Å². The summed E-state index contributed by atoms with van der Waals surface area (Å²) in [6, 6.07) is 11.0. The Bertz CT molecular complexity index is 1330. The van der Waals surface area contributed by atoms with Gasteiger partial charge in [0.2, 0.25) is 0 Å². The maximum atomic E-state index is 12.9. The number of nitrogens with one attached hydrogen (secondary N) is 2. The maximum Gasteiger partial charge on any atom is 0.340 e. The zero-order chi connectivity index (χ0) is 25.3. The summed E-state index contributed by atoms with van der Waals surface area (Å²) < 4.78 is 10.0. The second-order valence-electron chi connectivity index (χ2n) is 7.87. The number of aryl methyl sites for hydroxylation is 1. The van der Waals surface area contributed by atoms with E-state index in [1.165, 1.54) is 25.3 Å². The Balaban J connectivity index is 1.53. The van der Waals surface area contributed by atoms with Crippen molar-refractivity contribution in [3.8, 4) is 0 Å². The number of nitrogens with zero attached hydrogens (tertiary/aromatic N) is 1. The van der Waals surface area contributed by atoms with Crippen molar-refractivity contribution < 1.29 is 28.7 Å². The lowest BCUT2D eigenvalue weighted by atomic mass is 10.1. The Kier molecular flexibility index (Phi) is 6.72. The number of imide groups is 1. The normalized spacial score (nSPS) is 12.6. The molecule has 0 spiro atoms. The molecule has 1 aromatic heterocycles. The van der Waals surface area contributed by atoms with Gasteiger partial charge in [0.1, 0.15) is 12.3 Å². The molecule has 0 radical (unpaired) electrons. The average Bonchev–Trinajstić information content (AvgIpc) is 3.27. The molecule has 9 nitrogen and oxygen atoms in total. The summed E-state index contributed by atoms with van der Waals surface area (Å²) in [6.45, 7) is 3.67. The molecule has 4 rings (SSSR count). The molecule has 0 unspecified atom stereocenters. The van der Waals surface area contributed by atoms with E-state index in [1.807, 2.05) is 0 Å². The number of esters is 1. The predicted octanol–water partition coefficient (Wildman–Crippen LogP) is 4.14. The minimum atomic E-state index is -0.555. The number of fused-ring (bicyclic) bond motifs is 1. The Morgan fingerprint density at radius 1 is 1.03 bits per heavy atom. The van der Waals surface area contributed by atoms with E-state index in [0.29, 0.717) is 28.1 Å². The van der Waals surface area contributed by atoms with Gasteiger partial charge in [-0.3, -0.25) is 14.4 Å². The van der Waals surface area contributed by atoms with Gasteiger partial charge in [-0.15, -0.1) is 0 Å². The van der Waals surface area contributed by atoms with Gasteiger partial charge in [-0.25, -0.2) is 9.69 Å². The van der Waals surface area contributed by atoms with Crippen LogP contribution in [0.25, 0.3) is 0 Å². The third-order valence-electron chi connectivity index (χ3n) is 5.63. The van der Waals surface area contributed by atoms with Gasteiger partial charge < -0.3 is 19.8 Å². The number of carbonyl (C=O) groups is 4. The number of rotatable bonds is 7. The lowest BCUT2D eigenvalue weighted by Gasteiger charge is -2.16. The second kappa shape index (κ2) is 9.73. The van der Waals surface area contributed by atoms with Crippen LogP contribution < -0.4 is 10.2 Å². The van der Waals surface area contributed by atoms with Crippen LogP contribution in [0.4, 0.5) is 11.4 Å². The van der Waals surface area contributed by atoms with Crippen LogP contribution in [0.3, 0.4) is 0 Å². The van der Waals surface area contributed by atoms with Crippen LogP contribution in [0, 0.1) is 13.8 Å². The number of carbonyl (C=O) groups excluding carboxylic acids is 4. The minimum Gasteiger partial charge on any atom is -0.460 e. The molecular formula is C25H22ClN3O6. The first-order valence-corrected chi connectivity index (χ1v) is 11.1. The molecule has 10 heteroatoms. The molecule has 0 bridgehead atoms. The van der Waals surface area contributed by atoms with Crippen molar-refractivity contribution in [1.82, 2.24) is 4.98 Å². The number of ether oxygens (including phenoxy) is 2. The van der Waals surface area contributed by atoms with Gasteiger partial charge in [-0.2, -0.15) is 0 Å². The molecule has 3 amide bonds. The SMILES string of the molecule is COCCOC(=O)c1c(C)[nH]c(C(=O)Nc2ccc(N3C(=O)c4ccccc4C3=O)c(Cl)c2)c1C. The van der Waals surface area contributed by atoms with E-state index in [1.54, 1.807) is 38.1 Å². The van der Waals surface area contributed by atoms with Crippen LogP contribution in [-0.2, 0) is 9.47 Å². The summed E-state index contributed by atoms with van der Waals surface area (Å²) in [5.41, 5.74) is 2.58. The first kappa shape index (κ1) is 24.2. The van der Waals surface area contributed by atoms with Gasteiger partial charge >= 0.3 is 5.97 Å². The second-order valence-corrected chi connectivity index (χ2v) is 8.27. The van der Waals surface area contributed by atoms with Gasteiger partial charge in [0.15, 0.2) is 0 Å². The van der Waals surface area contributed by atoms with E-state index in [-0.39, 0.29) is 35.2 Å². The quantitative estimate of drug-likeness (QED) is 0.289. The highest BCUT2D eigenvalue weighted by Crippen LogP contribution is 2.35. The zero-order valence-corrected chi connectivity index (χ0v) is 20.0. The summed E-state index contributed by atoms with van der Waals surface area (Å²) in [6.07, 6.45) is 0. The predicted molar refractivity (Wildman–Crippen MR) is 129 cm³/mol. The Morgan fingerprint density at radius 2 is 1.69 bits per heavy atom. The van der Waals surface area contributed by atoms with Crippen molar-refractivity contribution in [2.45, 2.75) is 13.8 Å².